The molecule has 1 amide bonds. The van der Waals surface area contributed by atoms with Gasteiger partial charge in [0.1, 0.15) is 6.10 Å². The van der Waals surface area contributed by atoms with Gasteiger partial charge in [0, 0.05) is 16.9 Å². The SMILES string of the molecule is CC1(C)[C@H]2C=CC(=O)[C@H](O)[C@H]2[C@@]12OC(=O)Nc1ccccc12. The molecule has 4 atom stereocenters. The van der Waals surface area contributed by atoms with Crippen LogP contribution in [-0.4, -0.2) is 23.1 Å². The molecule has 2 aliphatic carbocycles. The summed E-state index contributed by atoms with van der Waals surface area (Å²) in [5.74, 6) is -0.797. The zero-order chi connectivity index (χ0) is 15.7. The Labute approximate surface area is 128 Å². The van der Waals surface area contributed by atoms with Crippen LogP contribution in [0.2, 0.25) is 0 Å². The maximum atomic E-state index is 12.1. The van der Waals surface area contributed by atoms with E-state index in [-0.39, 0.29) is 11.7 Å². The van der Waals surface area contributed by atoms with Crippen molar-refractivity contribution in [1.29, 1.82) is 0 Å². The topological polar surface area (TPSA) is 75.6 Å². The molecule has 22 heavy (non-hydrogen) atoms. The van der Waals surface area contributed by atoms with Gasteiger partial charge < -0.3 is 9.84 Å². The third kappa shape index (κ3) is 1.33. The summed E-state index contributed by atoms with van der Waals surface area (Å²) in [4.78, 5) is 24.0. The first-order valence-electron chi connectivity index (χ1n) is 7.39. The van der Waals surface area contributed by atoms with E-state index in [1.54, 1.807) is 0 Å². The number of nitrogens with one attached hydrogen (secondary N) is 1. The zero-order valence-electron chi connectivity index (χ0n) is 12.4. The summed E-state index contributed by atoms with van der Waals surface area (Å²) in [6, 6.07) is 7.41. The lowest BCUT2D eigenvalue weighted by Gasteiger charge is -2.67. The van der Waals surface area contributed by atoms with E-state index in [1.807, 2.05) is 44.2 Å². The van der Waals surface area contributed by atoms with Crippen molar-refractivity contribution in [2.45, 2.75) is 25.6 Å². The molecule has 1 aliphatic heterocycles. The maximum absolute atomic E-state index is 12.1. The predicted molar refractivity (Wildman–Crippen MR) is 79.1 cm³/mol. The molecule has 1 heterocycles. The highest BCUT2D eigenvalue weighted by molar-refractivity contribution is 5.96. The summed E-state index contributed by atoms with van der Waals surface area (Å²) in [6.07, 6.45) is 1.58. The number of benzene rings is 1. The zero-order valence-corrected chi connectivity index (χ0v) is 12.4. The van der Waals surface area contributed by atoms with Crippen LogP contribution >= 0.6 is 0 Å². The van der Waals surface area contributed by atoms with Crippen LogP contribution in [0.15, 0.2) is 36.4 Å². The van der Waals surface area contributed by atoms with Crippen molar-refractivity contribution in [3.63, 3.8) is 0 Å². The highest BCUT2D eigenvalue weighted by Gasteiger charge is 2.74. The van der Waals surface area contributed by atoms with Crippen molar-refractivity contribution < 1.29 is 19.4 Å². The van der Waals surface area contributed by atoms with E-state index in [2.05, 4.69) is 5.32 Å². The number of ether oxygens (including phenoxy) is 1. The molecule has 114 valence electrons. The minimum Gasteiger partial charge on any atom is -0.437 e. The number of ketones is 1. The number of para-hydroxylation sites is 1. The molecule has 5 heteroatoms. The molecule has 1 spiro atoms. The Hall–Kier alpha value is -2.14. The smallest absolute Gasteiger partial charge is 0.412 e. The molecule has 1 aromatic carbocycles. The monoisotopic (exact) mass is 299 g/mol. The second-order valence-corrected chi connectivity index (χ2v) is 6.78. The maximum Gasteiger partial charge on any atom is 0.412 e. The third-order valence-electron chi connectivity index (χ3n) is 5.56. The van der Waals surface area contributed by atoms with E-state index in [0.717, 1.165) is 5.56 Å². The molecule has 4 rings (SSSR count). The van der Waals surface area contributed by atoms with Gasteiger partial charge in [-0.3, -0.25) is 10.1 Å². The fourth-order valence-electron chi connectivity index (χ4n) is 4.51. The average Bonchev–Trinajstić information content (AvgIpc) is 2.48. The van der Waals surface area contributed by atoms with Crippen LogP contribution in [0.4, 0.5) is 10.5 Å². The second kappa shape index (κ2) is 3.98. The molecule has 2 N–H and O–H groups in total. The summed E-state index contributed by atoms with van der Waals surface area (Å²) in [6.45, 7) is 4.02. The Morgan fingerprint density at radius 3 is 2.73 bits per heavy atom. The van der Waals surface area contributed by atoms with Crippen molar-refractivity contribution >= 4 is 17.6 Å². The Kier molecular flexibility index (Phi) is 2.45. The first kappa shape index (κ1) is 13.5. The molecule has 1 aromatic rings. The van der Waals surface area contributed by atoms with Gasteiger partial charge in [0.05, 0.1) is 5.69 Å². The van der Waals surface area contributed by atoms with Crippen LogP contribution in [-0.2, 0) is 15.1 Å². The van der Waals surface area contributed by atoms with Gasteiger partial charge in [-0.15, -0.1) is 0 Å². The Bertz CT molecular complexity index is 723. The number of amides is 1. The molecule has 0 unspecified atom stereocenters. The highest BCUT2D eigenvalue weighted by atomic mass is 16.6. The molecule has 0 aromatic heterocycles. The number of allylic oxidation sites excluding steroid dienone is 1. The van der Waals surface area contributed by atoms with Crippen LogP contribution in [0.25, 0.3) is 0 Å². The summed E-state index contributed by atoms with van der Waals surface area (Å²) >= 11 is 0. The van der Waals surface area contributed by atoms with Crippen molar-refractivity contribution in [1.82, 2.24) is 0 Å². The number of hydrogen-bond donors (Lipinski definition) is 2. The van der Waals surface area contributed by atoms with Gasteiger partial charge in [-0.25, -0.2) is 4.79 Å². The van der Waals surface area contributed by atoms with Crippen molar-refractivity contribution in [3.8, 4) is 0 Å². The number of carbonyl (C=O) groups is 2. The van der Waals surface area contributed by atoms with Gasteiger partial charge in [-0.2, -0.15) is 0 Å². The molecule has 0 saturated heterocycles. The standard InChI is InChI=1S/C17H17NO4/c1-16(2)10-7-8-12(19)14(20)13(10)17(16)9-5-3-4-6-11(9)18-15(21)22-17/h3-8,10,13-14,20H,1-2H3,(H,18,21)/t10-,13-,14-,17+/m0/s1. The molecule has 0 bridgehead atoms. The van der Waals surface area contributed by atoms with Gasteiger partial charge in [-0.05, 0) is 18.1 Å². The summed E-state index contributed by atoms with van der Waals surface area (Å²) < 4.78 is 5.74. The second-order valence-electron chi connectivity index (χ2n) is 6.78. The largest absolute Gasteiger partial charge is 0.437 e. The van der Waals surface area contributed by atoms with Crippen LogP contribution < -0.4 is 5.32 Å². The fraction of sp³-hybridized carbons (Fsp3) is 0.412. The van der Waals surface area contributed by atoms with Gasteiger partial charge in [0.2, 0.25) is 0 Å². The summed E-state index contributed by atoms with van der Waals surface area (Å²) in [5, 5.41) is 13.1. The molecule has 1 saturated carbocycles. The number of fused-ring (bicyclic) bond motifs is 4. The van der Waals surface area contributed by atoms with Crippen LogP contribution in [0, 0.1) is 17.3 Å². The molecule has 5 nitrogen and oxygen atoms in total. The first-order valence-corrected chi connectivity index (χ1v) is 7.39. The molecule has 1 fully saturated rings. The van der Waals surface area contributed by atoms with Crippen LogP contribution in [0.5, 0.6) is 0 Å². The Morgan fingerprint density at radius 1 is 1.23 bits per heavy atom. The summed E-state index contributed by atoms with van der Waals surface area (Å²) in [5.41, 5.74) is 0.0997. The number of aliphatic hydroxyl groups excluding tert-OH is 1. The number of anilines is 1. The van der Waals surface area contributed by atoms with Gasteiger partial charge in [0.25, 0.3) is 0 Å². The lowest BCUT2D eigenvalue weighted by Crippen LogP contribution is -2.73. The highest BCUT2D eigenvalue weighted by Crippen LogP contribution is 2.69. The predicted octanol–water partition coefficient (Wildman–Crippen LogP) is 2.22. The fourth-order valence-corrected chi connectivity index (χ4v) is 4.51. The first-order chi connectivity index (χ1) is 10.4. The van der Waals surface area contributed by atoms with E-state index < -0.39 is 29.1 Å². The lowest BCUT2D eigenvalue weighted by atomic mass is 9.40. The van der Waals surface area contributed by atoms with E-state index in [0.29, 0.717) is 5.69 Å². The van der Waals surface area contributed by atoms with Gasteiger partial charge in [0.15, 0.2) is 11.4 Å². The number of rotatable bonds is 0. The summed E-state index contributed by atoms with van der Waals surface area (Å²) in [7, 11) is 0. The minimum atomic E-state index is -1.15. The molecule has 3 aliphatic rings. The van der Waals surface area contributed by atoms with Gasteiger partial charge >= 0.3 is 6.09 Å². The van der Waals surface area contributed by atoms with Crippen molar-refractivity contribution in [2.24, 2.45) is 17.3 Å². The minimum absolute atomic E-state index is 0.0147. The van der Waals surface area contributed by atoms with E-state index >= 15 is 0 Å². The number of aliphatic hydroxyl groups is 1. The molecular formula is C17H17NO4. The van der Waals surface area contributed by atoms with E-state index in [4.69, 9.17) is 4.74 Å². The van der Waals surface area contributed by atoms with Crippen molar-refractivity contribution in [3.05, 3.63) is 42.0 Å². The number of hydrogen-bond acceptors (Lipinski definition) is 4. The van der Waals surface area contributed by atoms with E-state index in [1.165, 1.54) is 6.08 Å². The van der Waals surface area contributed by atoms with Crippen LogP contribution in [0.1, 0.15) is 19.4 Å². The van der Waals surface area contributed by atoms with E-state index in [9.17, 15) is 14.7 Å². The molecular weight excluding hydrogens is 282 g/mol. The quantitative estimate of drug-likeness (QED) is 0.770. The normalized spacial score (nSPS) is 37.7. The molecule has 0 radical (unpaired) electrons. The average molecular weight is 299 g/mol. The lowest BCUT2D eigenvalue weighted by molar-refractivity contribution is -0.265. The van der Waals surface area contributed by atoms with Crippen molar-refractivity contribution in [2.75, 3.05) is 5.32 Å². The van der Waals surface area contributed by atoms with Gasteiger partial charge in [-0.1, -0.05) is 38.1 Å². The Balaban J connectivity index is 1.96. The Morgan fingerprint density at radius 2 is 1.95 bits per heavy atom. The third-order valence-corrected chi connectivity index (χ3v) is 5.56. The van der Waals surface area contributed by atoms with Crippen LogP contribution in [0.3, 0.4) is 0 Å². The number of carbonyl (C=O) groups excluding carboxylic acids is 2.